The average Bonchev–Trinajstić information content (AvgIpc) is 3.40. The van der Waals surface area contributed by atoms with Crippen molar-refractivity contribution < 1.29 is 28.3 Å². The SMILES string of the molecule is COCCN(C(=O)CNC(=O)c1ccco1)[C@@H](C(=O)NC1CCCCC1)c1cccc(OC)c1. The molecule has 1 saturated carbocycles. The van der Waals surface area contributed by atoms with Crippen LogP contribution in [0.3, 0.4) is 0 Å². The Kier molecular flexibility index (Phi) is 9.51. The fourth-order valence-electron chi connectivity index (χ4n) is 4.15. The summed E-state index contributed by atoms with van der Waals surface area (Å²) in [6.07, 6.45) is 6.53. The van der Waals surface area contributed by atoms with Gasteiger partial charge in [0.1, 0.15) is 11.8 Å². The Bertz CT molecular complexity index is 940. The highest BCUT2D eigenvalue weighted by Gasteiger charge is 2.33. The van der Waals surface area contributed by atoms with Crippen LogP contribution in [0.25, 0.3) is 0 Å². The van der Waals surface area contributed by atoms with Crippen molar-refractivity contribution in [3.8, 4) is 5.75 Å². The van der Waals surface area contributed by atoms with E-state index in [2.05, 4.69) is 10.6 Å². The molecule has 2 aromatic rings. The zero-order chi connectivity index (χ0) is 24.3. The molecule has 3 rings (SSSR count). The Balaban J connectivity index is 1.84. The molecule has 1 heterocycles. The van der Waals surface area contributed by atoms with Gasteiger partial charge in [-0.25, -0.2) is 0 Å². The topological polar surface area (TPSA) is 110 Å². The van der Waals surface area contributed by atoms with Crippen LogP contribution in [0, 0.1) is 0 Å². The van der Waals surface area contributed by atoms with Crippen LogP contribution in [0.15, 0.2) is 47.1 Å². The lowest BCUT2D eigenvalue weighted by Crippen LogP contribution is -2.50. The van der Waals surface area contributed by atoms with Crippen molar-refractivity contribution in [3.63, 3.8) is 0 Å². The van der Waals surface area contributed by atoms with E-state index in [-0.39, 0.29) is 37.4 Å². The zero-order valence-corrected chi connectivity index (χ0v) is 19.7. The second kappa shape index (κ2) is 12.8. The quantitative estimate of drug-likeness (QED) is 0.521. The third-order valence-corrected chi connectivity index (χ3v) is 5.92. The van der Waals surface area contributed by atoms with Gasteiger partial charge in [0.05, 0.1) is 26.5 Å². The van der Waals surface area contributed by atoms with E-state index in [1.165, 1.54) is 30.8 Å². The number of rotatable bonds is 11. The number of benzene rings is 1. The highest BCUT2D eigenvalue weighted by molar-refractivity contribution is 5.95. The van der Waals surface area contributed by atoms with Gasteiger partial charge < -0.3 is 29.4 Å². The molecule has 0 bridgehead atoms. The largest absolute Gasteiger partial charge is 0.497 e. The lowest BCUT2D eigenvalue weighted by molar-refractivity contribution is -0.141. The summed E-state index contributed by atoms with van der Waals surface area (Å²) in [5.74, 6) is -0.492. The van der Waals surface area contributed by atoms with Gasteiger partial charge in [-0.15, -0.1) is 0 Å². The summed E-state index contributed by atoms with van der Waals surface area (Å²) in [5.41, 5.74) is 0.620. The van der Waals surface area contributed by atoms with Crippen LogP contribution in [-0.4, -0.2) is 62.6 Å². The zero-order valence-electron chi connectivity index (χ0n) is 19.7. The lowest BCUT2D eigenvalue weighted by atomic mass is 9.94. The van der Waals surface area contributed by atoms with Crippen molar-refractivity contribution in [2.24, 2.45) is 0 Å². The van der Waals surface area contributed by atoms with Gasteiger partial charge in [-0.1, -0.05) is 31.4 Å². The van der Waals surface area contributed by atoms with E-state index < -0.39 is 17.9 Å². The molecule has 0 spiro atoms. The normalized spacial score (nSPS) is 14.8. The summed E-state index contributed by atoms with van der Waals surface area (Å²) in [5, 5.41) is 5.71. The molecule has 1 aliphatic rings. The first-order valence-electron chi connectivity index (χ1n) is 11.6. The van der Waals surface area contributed by atoms with Crippen LogP contribution in [-0.2, 0) is 14.3 Å². The summed E-state index contributed by atoms with van der Waals surface area (Å²) >= 11 is 0. The number of nitrogens with one attached hydrogen (secondary N) is 2. The smallest absolute Gasteiger partial charge is 0.287 e. The van der Waals surface area contributed by atoms with Crippen LogP contribution in [0.5, 0.6) is 5.75 Å². The Morgan fingerprint density at radius 1 is 1.12 bits per heavy atom. The number of hydrogen-bond donors (Lipinski definition) is 2. The van der Waals surface area contributed by atoms with Gasteiger partial charge >= 0.3 is 0 Å². The van der Waals surface area contributed by atoms with Crippen LogP contribution in [0.1, 0.15) is 54.3 Å². The Hall–Kier alpha value is -3.33. The van der Waals surface area contributed by atoms with Crippen molar-refractivity contribution in [1.29, 1.82) is 0 Å². The molecule has 1 aromatic carbocycles. The minimum absolute atomic E-state index is 0.0763. The molecule has 1 fully saturated rings. The van der Waals surface area contributed by atoms with Gasteiger partial charge in [0.15, 0.2) is 5.76 Å². The minimum Gasteiger partial charge on any atom is -0.497 e. The highest BCUT2D eigenvalue weighted by Crippen LogP contribution is 2.26. The van der Waals surface area contributed by atoms with E-state index in [1.807, 2.05) is 0 Å². The third-order valence-electron chi connectivity index (χ3n) is 5.92. The summed E-state index contributed by atoms with van der Waals surface area (Å²) < 4.78 is 15.6. The van der Waals surface area contributed by atoms with Crippen molar-refractivity contribution in [2.75, 3.05) is 33.9 Å². The maximum atomic E-state index is 13.6. The molecular weight excluding hydrogens is 438 g/mol. The maximum Gasteiger partial charge on any atom is 0.287 e. The number of amides is 3. The van der Waals surface area contributed by atoms with E-state index in [4.69, 9.17) is 13.9 Å². The molecule has 9 nitrogen and oxygen atoms in total. The molecular formula is C25H33N3O6. The summed E-state index contributed by atoms with van der Waals surface area (Å²) in [6, 6.07) is 9.39. The van der Waals surface area contributed by atoms with Crippen molar-refractivity contribution >= 4 is 17.7 Å². The fourth-order valence-corrected chi connectivity index (χ4v) is 4.15. The van der Waals surface area contributed by atoms with Crippen molar-refractivity contribution in [3.05, 3.63) is 54.0 Å². The standard InChI is InChI=1S/C25H33N3O6/c1-32-15-13-28(22(29)17-26-24(30)21-12-7-14-34-21)23(18-8-6-11-20(16-18)33-2)25(31)27-19-9-4-3-5-10-19/h6-8,11-12,14,16,19,23H,3-5,9-10,13,15,17H2,1-2H3,(H,26,30)(H,27,31)/t23-/m1/s1. The molecule has 0 unspecified atom stereocenters. The summed E-state index contributed by atoms with van der Waals surface area (Å²) in [4.78, 5) is 40.6. The number of carbonyl (C=O) groups excluding carboxylic acids is 3. The molecule has 9 heteroatoms. The number of methoxy groups -OCH3 is 2. The molecule has 0 radical (unpaired) electrons. The molecule has 2 N–H and O–H groups in total. The van der Waals surface area contributed by atoms with Crippen molar-refractivity contribution in [1.82, 2.24) is 15.5 Å². The Morgan fingerprint density at radius 2 is 1.91 bits per heavy atom. The Labute approximate surface area is 199 Å². The van der Waals surface area contributed by atoms with Gasteiger partial charge in [-0.3, -0.25) is 14.4 Å². The van der Waals surface area contributed by atoms with Crippen LogP contribution < -0.4 is 15.4 Å². The van der Waals surface area contributed by atoms with Gasteiger partial charge in [0.25, 0.3) is 5.91 Å². The first-order valence-corrected chi connectivity index (χ1v) is 11.6. The molecule has 1 aliphatic carbocycles. The molecule has 1 atom stereocenters. The van der Waals surface area contributed by atoms with Gasteiger partial charge in [-0.05, 0) is 42.7 Å². The lowest BCUT2D eigenvalue weighted by Gasteiger charge is -2.33. The molecule has 3 amide bonds. The van der Waals surface area contributed by atoms with E-state index in [1.54, 1.807) is 37.4 Å². The van der Waals surface area contributed by atoms with Gasteiger partial charge in [0.2, 0.25) is 11.8 Å². The summed E-state index contributed by atoms with van der Waals surface area (Å²) in [7, 11) is 3.08. The monoisotopic (exact) mass is 471 g/mol. The molecule has 184 valence electrons. The second-order valence-corrected chi connectivity index (χ2v) is 8.26. The first-order chi connectivity index (χ1) is 16.5. The first kappa shape index (κ1) is 25.3. The fraction of sp³-hybridized carbons (Fsp3) is 0.480. The number of carbonyl (C=O) groups is 3. The van der Waals surface area contributed by atoms with E-state index in [9.17, 15) is 14.4 Å². The van der Waals surface area contributed by atoms with E-state index in [0.717, 1.165) is 25.7 Å². The predicted molar refractivity (Wildman–Crippen MR) is 125 cm³/mol. The van der Waals surface area contributed by atoms with E-state index >= 15 is 0 Å². The summed E-state index contributed by atoms with van der Waals surface area (Å²) in [6.45, 7) is 0.112. The third kappa shape index (κ3) is 6.84. The number of ether oxygens (including phenoxy) is 2. The van der Waals surface area contributed by atoms with Crippen LogP contribution >= 0.6 is 0 Å². The van der Waals surface area contributed by atoms with Crippen LogP contribution in [0.4, 0.5) is 0 Å². The van der Waals surface area contributed by atoms with Gasteiger partial charge in [-0.2, -0.15) is 0 Å². The van der Waals surface area contributed by atoms with Crippen molar-refractivity contribution in [2.45, 2.75) is 44.2 Å². The minimum atomic E-state index is -0.903. The number of nitrogens with zero attached hydrogens (tertiary/aromatic N) is 1. The maximum absolute atomic E-state index is 13.6. The molecule has 0 saturated heterocycles. The molecule has 0 aliphatic heterocycles. The average molecular weight is 472 g/mol. The highest BCUT2D eigenvalue weighted by atomic mass is 16.5. The Morgan fingerprint density at radius 3 is 2.59 bits per heavy atom. The molecule has 34 heavy (non-hydrogen) atoms. The number of hydrogen-bond acceptors (Lipinski definition) is 6. The van der Waals surface area contributed by atoms with Gasteiger partial charge in [0, 0.05) is 19.7 Å². The number of furan rings is 1. The second-order valence-electron chi connectivity index (χ2n) is 8.26. The predicted octanol–water partition coefficient (Wildman–Crippen LogP) is 2.68. The molecule has 1 aromatic heterocycles. The van der Waals surface area contributed by atoms with Crippen LogP contribution in [0.2, 0.25) is 0 Å². The van der Waals surface area contributed by atoms with E-state index in [0.29, 0.717) is 11.3 Å².